The summed E-state index contributed by atoms with van der Waals surface area (Å²) >= 11 is 0. The second-order valence-electron chi connectivity index (χ2n) is 4.31. The summed E-state index contributed by atoms with van der Waals surface area (Å²) in [7, 11) is 0. The zero-order valence-corrected chi connectivity index (χ0v) is 10.4. The average molecular weight is 230 g/mol. The first kappa shape index (κ1) is 13.9. The molecule has 0 aliphatic carbocycles. The minimum Gasteiger partial charge on any atom is -0.381 e. The van der Waals surface area contributed by atoms with E-state index in [9.17, 15) is 0 Å². The normalized spacial score (nSPS) is 24.0. The van der Waals surface area contributed by atoms with Crippen LogP contribution in [0.3, 0.4) is 0 Å². The molecule has 3 aliphatic rings. The number of ether oxygens (including phenoxy) is 3. The third-order valence-corrected chi connectivity index (χ3v) is 2.73. The summed E-state index contributed by atoms with van der Waals surface area (Å²) in [4.78, 5) is 0. The minimum atomic E-state index is 1.00. The Kier molecular flexibility index (Phi) is 9.91. The van der Waals surface area contributed by atoms with Crippen molar-refractivity contribution in [3.05, 3.63) is 0 Å². The van der Waals surface area contributed by atoms with Crippen molar-refractivity contribution in [2.45, 2.75) is 44.9 Å². The highest BCUT2D eigenvalue weighted by molar-refractivity contribution is 4.46. The van der Waals surface area contributed by atoms with E-state index in [1.165, 1.54) is 44.9 Å². The predicted octanol–water partition coefficient (Wildman–Crippen LogP) is 2.78. The smallest absolute Gasteiger partial charge is 0.0488 e. The van der Waals surface area contributed by atoms with E-state index in [0.717, 1.165) is 39.6 Å². The summed E-state index contributed by atoms with van der Waals surface area (Å²) in [6.45, 7) is 6.00. The van der Waals surface area contributed by atoms with Crippen LogP contribution in [-0.2, 0) is 14.2 Å². The predicted molar refractivity (Wildman–Crippen MR) is 64.8 cm³/mol. The van der Waals surface area contributed by atoms with Crippen LogP contribution in [-0.4, -0.2) is 39.6 Å². The van der Waals surface area contributed by atoms with E-state index >= 15 is 0 Å². The molecule has 16 heavy (non-hydrogen) atoms. The Morgan fingerprint density at radius 2 is 0.625 bits per heavy atom. The van der Waals surface area contributed by atoms with E-state index in [1.54, 1.807) is 0 Å². The van der Waals surface area contributed by atoms with Gasteiger partial charge < -0.3 is 14.2 Å². The molecule has 0 saturated carbocycles. The maximum atomic E-state index is 5.19. The molecule has 0 amide bonds. The Hall–Kier alpha value is -0.120. The van der Waals surface area contributed by atoms with E-state index in [-0.39, 0.29) is 0 Å². The summed E-state index contributed by atoms with van der Waals surface area (Å²) in [5, 5.41) is 0. The highest BCUT2D eigenvalue weighted by atomic mass is 16.5. The number of hydrogen-bond donors (Lipinski definition) is 0. The van der Waals surface area contributed by atoms with Gasteiger partial charge in [0.1, 0.15) is 0 Å². The first-order valence-corrected chi connectivity index (χ1v) is 6.73. The molecule has 96 valence electrons. The fourth-order valence-electron chi connectivity index (χ4n) is 1.52. The lowest BCUT2D eigenvalue weighted by atomic mass is 10.2. The van der Waals surface area contributed by atoms with Gasteiger partial charge in [-0.2, -0.15) is 0 Å². The van der Waals surface area contributed by atoms with E-state index in [0.29, 0.717) is 0 Å². The van der Waals surface area contributed by atoms with E-state index < -0.39 is 0 Å². The second kappa shape index (κ2) is 11.4. The average Bonchev–Trinajstić information content (AvgIpc) is 2.64. The van der Waals surface area contributed by atoms with Gasteiger partial charge in [0.25, 0.3) is 0 Å². The van der Waals surface area contributed by atoms with E-state index in [2.05, 4.69) is 0 Å². The Bertz CT molecular complexity index is 99.9. The standard InChI is InChI=1S/C6H12O.C4H8O.C3H6O/c1-2-4-6-7-5-3-1;1-2-4-5-3-1;1-2-4-3-1/h1-6H2;1-4H2;1-3H2. The molecule has 3 rings (SSSR count). The number of hydrogen-bond acceptors (Lipinski definition) is 3. The Morgan fingerprint density at radius 3 is 0.875 bits per heavy atom. The van der Waals surface area contributed by atoms with Crippen LogP contribution in [0.5, 0.6) is 0 Å². The molecule has 3 saturated heterocycles. The monoisotopic (exact) mass is 230 g/mol. The van der Waals surface area contributed by atoms with Crippen LogP contribution in [0.25, 0.3) is 0 Å². The van der Waals surface area contributed by atoms with Gasteiger partial charge in [-0.05, 0) is 32.1 Å². The Morgan fingerprint density at radius 1 is 0.312 bits per heavy atom. The van der Waals surface area contributed by atoms with Crippen molar-refractivity contribution in [2.75, 3.05) is 39.6 Å². The maximum absolute atomic E-state index is 5.19. The van der Waals surface area contributed by atoms with Crippen LogP contribution in [0.15, 0.2) is 0 Å². The fraction of sp³-hybridized carbons (Fsp3) is 1.00. The summed E-state index contributed by atoms with van der Waals surface area (Å²) in [5.74, 6) is 0. The molecule has 0 aromatic carbocycles. The van der Waals surface area contributed by atoms with Gasteiger partial charge in [-0.25, -0.2) is 0 Å². The molecule has 3 heterocycles. The van der Waals surface area contributed by atoms with Gasteiger partial charge in [-0.1, -0.05) is 12.8 Å². The molecule has 0 atom stereocenters. The third kappa shape index (κ3) is 9.13. The molecule has 0 N–H and O–H groups in total. The summed E-state index contributed by atoms with van der Waals surface area (Å²) in [5.41, 5.74) is 0. The molecule has 0 unspecified atom stereocenters. The van der Waals surface area contributed by atoms with Crippen LogP contribution in [0.2, 0.25) is 0 Å². The van der Waals surface area contributed by atoms with Crippen LogP contribution in [0, 0.1) is 0 Å². The molecule has 3 fully saturated rings. The van der Waals surface area contributed by atoms with Crippen molar-refractivity contribution in [2.24, 2.45) is 0 Å². The zero-order chi connectivity index (χ0) is 11.3. The van der Waals surface area contributed by atoms with Crippen LogP contribution in [0.4, 0.5) is 0 Å². The summed E-state index contributed by atoms with van der Waals surface area (Å²) in [6, 6.07) is 0. The lowest BCUT2D eigenvalue weighted by molar-refractivity contribution is 0.0367. The first-order chi connectivity index (χ1) is 8.00. The molecular formula is C13H26O3. The quantitative estimate of drug-likeness (QED) is 0.640. The maximum Gasteiger partial charge on any atom is 0.0488 e. The highest BCUT2D eigenvalue weighted by Crippen LogP contribution is 2.04. The summed E-state index contributed by atoms with van der Waals surface area (Å²) < 4.78 is 14.9. The van der Waals surface area contributed by atoms with Crippen molar-refractivity contribution in [3.63, 3.8) is 0 Å². The molecule has 0 aromatic rings. The largest absolute Gasteiger partial charge is 0.381 e. The SMILES string of the molecule is C1CCCOCC1.C1CCOC1.C1COC1. The van der Waals surface area contributed by atoms with Crippen LogP contribution >= 0.6 is 0 Å². The fourth-order valence-corrected chi connectivity index (χ4v) is 1.52. The molecule has 3 heteroatoms. The molecule has 0 radical (unpaired) electrons. The molecule has 3 aliphatic heterocycles. The van der Waals surface area contributed by atoms with Gasteiger partial charge in [0.15, 0.2) is 0 Å². The van der Waals surface area contributed by atoms with Gasteiger partial charge in [-0.15, -0.1) is 0 Å². The van der Waals surface area contributed by atoms with Gasteiger partial charge in [0.2, 0.25) is 0 Å². The van der Waals surface area contributed by atoms with Crippen LogP contribution in [0.1, 0.15) is 44.9 Å². The molecule has 3 nitrogen and oxygen atoms in total. The van der Waals surface area contributed by atoms with Crippen molar-refractivity contribution in [3.8, 4) is 0 Å². The van der Waals surface area contributed by atoms with E-state index in [1.807, 2.05) is 0 Å². The minimum absolute atomic E-state index is 1.00. The van der Waals surface area contributed by atoms with E-state index in [4.69, 9.17) is 14.2 Å². The van der Waals surface area contributed by atoms with Gasteiger partial charge in [0, 0.05) is 39.6 Å². The topological polar surface area (TPSA) is 27.7 Å². The van der Waals surface area contributed by atoms with Gasteiger partial charge >= 0.3 is 0 Å². The third-order valence-electron chi connectivity index (χ3n) is 2.73. The van der Waals surface area contributed by atoms with Crippen molar-refractivity contribution < 1.29 is 14.2 Å². The van der Waals surface area contributed by atoms with Crippen molar-refractivity contribution in [1.29, 1.82) is 0 Å². The van der Waals surface area contributed by atoms with Crippen molar-refractivity contribution in [1.82, 2.24) is 0 Å². The molecule has 0 aromatic heterocycles. The zero-order valence-electron chi connectivity index (χ0n) is 10.4. The molecule has 0 bridgehead atoms. The lowest BCUT2D eigenvalue weighted by Crippen LogP contribution is -2.09. The van der Waals surface area contributed by atoms with Gasteiger partial charge in [-0.3, -0.25) is 0 Å². The lowest BCUT2D eigenvalue weighted by Gasteiger charge is -2.09. The van der Waals surface area contributed by atoms with Gasteiger partial charge in [0.05, 0.1) is 0 Å². The Labute approximate surface area is 99.5 Å². The van der Waals surface area contributed by atoms with Crippen molar-refractivity contribution >= 4 is 0 Å². The molecule has 0 spiro atoms. The second-order valence-corrected chi connectivity index (χ2v) is 4.31. The highest BCUT2D eigenvalue weighted by Gasteiger charge is 1.95. The van der Waals surface area contributed by atoms with Crippen LogP contribution < -0.4 is 0 Å². The molecular weight excluding hydrogens is 204 g/mol. The Balaban J connectivity index is 0.000000125. The summed E-state index contributed by atoms with van der Waals surface area (Å²) in [6.07, 6.45) is 9.14. The number of rotatable bonds is 0. The first-order valence-electron chi connectivity index (χ1n) is 6.73.